The first-order valence-corrected chi connectivity index (χ1v) is 9.13. The van der Waals surface area contributed by atoms with E-state index in [4.69, 9.17) is 4.52 Å². The smallest absolute Gasteiger partial charge is 0.320 e. The van der Waals surface area contributed by atoms with Gasteiger partial charge in [-0.2, -0.15) is 0 Å². The molecule has 0 bridgehead atoms. The van der Waals surface area contributed by atoms with Crippen LogP contribution in [0.15, 0.2) is 34.9 Å². The van der Waals surface area contributed by atoms with E-state index in [2.05, 4.69) is 29.1 Å². The average Bonchev–Trinajstić information content (AvgIpc) is 3.21. The van der Waals surface area contributed by atoms with E-state index in [-0.39, 0.29) is 0 Å². The molecule has 1 aromatic heterocycles. The van der Waals surface area contributed by atoms with Gasteiger partial charge in [0.25, 0.3) is 0 Å². The van der Waals surface area contributed by atoms with Crippen LogP contribution in [-0.4, -0.2) is 33.2 Å². The zero-order chi connectivity index (χ0) is 17.4. The molecule has 1 N–H and O–H groups in total. The SMILES string of the molecule is Cc1ccc(-c2cc(CN3C(C(=O)O)CC4CCCCC43)on2)cc1. The third-order valence-corrected chi connectivity index (χ3v) is 5.75. The fourth-order valence-electron chi connectivity index (χ4n) is 4.45. The summed E-state index contributed by atoms with van der Waals surface area (Å²) in [5, 5.41) is 13.8. The molecule has 0 spiro atoms. The number of fused-ring (bicyclic) bond motifs is 1. The van der Waals surface area contributed by atoms with Gasteiger partial charge >= 0.3 is 5.97 Å². The zero-order valence-corrected chi connectivity index (χ0v) is 14.5. The molecule has 1 aliphatic heterocycles. The van der Waals surface area contributed by atoms with Gasteiger partial charge in [0.05, 0.1) is 6.54 Å². The fourth-order valence-corrected chi connectivity index (χ4v) is 4.45. The van der Waals surface area contributed by atoms with Crippen LogP contribution in [0.1, 0.15) is 43.4 Å². The van der Waals surface area contributed by atoms with Gasteiger partial charge in [0.15, 0.2) is 5.76 Å². The number of hydrogen-bond acceptors (Lipinski definition) is 4. The summed E-state index contributed by atoms with van der Waals surface area (Å²) in [6.07, 6.45) is 5.42. The van der Waals surface area contributed by atoms with E-state index in [9.17, 15) is 9.90 Å². The molecule has 2 heterocycles. The van der Waals surface area contributed by atoms with Crippen molar-refractivity contribution >= 4 is 5.97 Å². The Morgan fingerprint density at radius 1 is 1.28 bits per heavy atom. The highest BCUT2D eigenvalue weighted by atomic mass is 16.5. The Morgan fingerprint density at radius 2 is 2.04 bits per heavy atom. The number of carboxylic acid groups (broad SMARTS) is 1. The standard InChI is InChI=1S/C20H24N2O3/c1-13-6-8-14(9-7-13)17-11-16(25-21-17)12-22-18-5-3-2-4-15(18)10-19(22)20(23)24/h6-9,11,15,18-19H,2-5,10,12H2,1H3,(H,23,24). The van der Waals surface area contributed by atoms with Gasteiger partial charge in [-0.05, 0) is 32.1 Å². The molecule has 25 heavy (non-hydrogen) atoms. The van der Waals surface area contributed by atoms with Crippen molar-refractivity contribution in [1.82, 2.24) is 10.1 Å². The summed E-state index contributed by atoms with van der Waals surface area (Å²) in [6, 6.07) is 10.1. The number of aliphatic carboxylic acids is 1. The minimum absolute atomic E-state index is 0.364. The van der Waals surface area contributed by atoms with Gasteiger partial charge in [0, 0.05) is 17.7 Å². The summed E-state index contributed by atoms with van der Waals surface area (Å²) >= 11 is 0. The largest absolute Gasteiger partial charge is 0.480 e. The van der Waals surface area contributed by atoms with Crippen molar-refractivity contribution in [3.63, 3.8) is 0 Å². The van der Waals surface area contributed by atoms with Crippen molar-refractivity contribution in [2.24, 2.45) is 5.92 Å². The Balaban J connectivity index is 1.54. The number of carboxylic acids is 1. The van der Waals surface area contributed by atoms with E-state index >= 15 is 0 Å². The first-order valence-electron chi connectivity index (χ1n) is 9.13. The van der Waals surface area contributed by atoms with Crippen molar-refractivity contribution in [3.05, 3.63) is 41.7 Å². The molecule has 3 atom stereocenters. The van der Waals surface area contributed by atoms with Crippen molar-refractivity contribution in [2.75, 3.05) is 0 Å². The second-order valence-corrected chi connectivity index (χ2v) is 7.42. The lowest BCUT2D eigenvalue weighted by Crippen LogP contribution is -2.41. The predicted octanol–water partition coefficient (Wildman–Crippen LogP) is 3.87. The molecule has 132 valence electrons. The van der Waals surface area contributed by atoms with E-state index in [1.165, 1.54) is 18.4 Å². The molecule has 1 aliphatic carbocycles. The molecule has 3 unspecified atom stereocenters. The van der Waals surface area contributed by atoms with Crippen LogP contribution < -0.4 is 0 Å². The number of aryl methyl sites for hydroxylation is 1. The highest BCUT2D eigenvalue weighted by molar-refractivity contribution is 5.74. The molecule has 5 nitrogen and oxygen atoms in total. The number of rotatable bonds is 4. The zero-order valence-electron chi connectivity index (χ0n) is 14.5. The summed E-state index contributed by atoms with van der Waals surface area (Å²) in [7, 11) is 0. The second kappa shape index (κ2) is 6.64. The van der Waals surface area contributed by atoms with Crippen LogP contribution in [0.2, 0.25) is 0 Å². The van der Waals surface area contributed by atoms with Crippen molar-refractivity contribution in [1.29, 1.82) is 0 Å². The van der Waals surface area contributed by atoms with Crippen molar-refractivity contribution < 1.29 is 14.4 Å². The second-order valence-electron chi connectivity index (χ2n) is 7.42. The number of likely N-dealkylation sites (tertiary alicyclic amines) is 1. The molecule has 0 amide bonds. The number of benzene rings is 1. The van der Waals surface area contributed by atoms with Crippen LogP contribution in [0.25, 0.3) is 11.3 Å². The van der Waals surface area contributed by atoms with Crippen LogP contribution in [0, 0.1) is 12.8 Å². The molecule has 1 saturated carbocycles. The molecule has 0 radical (unpaired) electrons. The van der Waals surface area contributed by atoms with Crippen LogP contribution in [0.4, 0.5) is 0 Å². The molecular formula is C20H24N2O3. The highest BCUT2D eigenvalue weighted by Crippen LogP contribution is 2.40. The van der Waals surface area contributed by atoms with E-state index in [1.54, 1.807) is 0 Å². The fraction of sp³-hybridized carbons (Fsp3) is 0.500. The molecule has 1 aromatic carbocycles. The van der Waals surface area contributed by atoms with Crippen LogP contribution in [0.5, 0.6) is 0 Å². The van der Waals surface area contributed by atoms with Crippen molar-refractivity contribution in [2.45, 2.75) is 57.7 Å². The molecule has 5 heteroatoms. The molecule has 2 fully saturated rings. The van der Waals surface area contributed by atoms with E-state index < -0.39 is 12.0 Å². The normalized spacial score (nSPS) is 26.5. The monoisotopic (exact) mass is 340 g/mol. The van der Waals surface area contributed by atoms with Crippen LogP contribution in [0.3, 0.4) is 0 Å². The van der Waals surface area contributed by atoms with Gasteiger partial charge in [-0.25, -0.2) is 0 Å². The van der Waals surface area contributed by atoms with Gasteiger partial charge in [0.1, 0.15) is 11.7 Å². The summed E-state index contributed by atoms with van der Waals surface area (Å²) in [5.74, 6) is 0.537. The first kappa shape index (κ1) is 16.3. The molecule has 1 saturated heterocycles. The Labute approximate surface area is 147 Å². The maximum absolute atomic E-state index is 11.7. The lowest BCUT2D eigenvalue weighted by Gasteiger charge is -2.32. The van der Waals surface area contributed by atoms with Crippen LogP contribution >= 0.6 is 0 Å². The summed E-state index contributed by atoms with van der Waals surface area (Å²) in [6.45, 7) is 2.58. The Hall–Kier alpha value is -2.14. The molecular weight excluding hydrogens is 316 g/mol. The quantitative estimate of drug-likeness (QED) is 0.915. The Bertz CT molecular complexity index is 753. The summed E-state index contributed by atoms with van der Waals surface area (Å²) in [5.41, 5.74) is 3.03. The Kier molecular flexibility index (Phi) is 4.34. The van der Waals surface area contributed by atoms with E-state index in [0.717, 1.165) is 36.3 Å². The number of nitrogens with zero attached hydrogens (tertiary/aromatic N) is 2. The van der Waals surface area contributed by atoms with Gasteiger partial charge in [-0.3, -0.25) is 9.69 Å². The molecule has 2 aromatic rings. The minimum Gasteiger partial charge on any atom is -0.480 e. The molecule has 2 aliphatic rings. The maximum Gasteiger partial charge on any atom is 0.320 e. The average molecular weight is 340 g/mol. The van der Waals surface area contributed by atoms with Crippen LogP contribution in [-0.2, 0) is 11.3 Å². The predicted molar refractivity (Wildman–Crippen MR) is 94.0 cm³/mol. The number of carbonyl (C=O) groups is 1. The van der Waals surface area contributed by atoms with E-state index in [1.807, 2.05) is 18.2 Å². The summed E-state index contributed by atoms with van der Waals surface area (Å²) < 4.78 is 5.53. The first-order chi connectivity index (χ1) is 12.1. The van der Waals surface area contributed by atoms with Gasteiger partial charge in [-0.1, -0.05) is 47.8 Å². The maximum atomic E-state index is 11.7. The highest BCUT2D eigenvalue weighted by Gasteiger charge is 2.45. The number of aromatic nitrogens is 1. The number of hydrogen-bond donors (Lipinski definition) is 1. The van der Waals surface area contributed by atoms with Gasteiger partial charge in [0.2, 0.25) is 0 Å². The van der Waals surface area contributed by atoms with E-state index in [0.29, 0.717) is 18.5 Å². The lowest BCUT2D eigenvalue weighted by molar-refractivity contribution is -0.143. The van der Waals surface area contributed by atoms with Gasteiger partial charge < -0.3 is 9.63 Å². The van der Waals surface area contributed by atoms with Crippen molar-refractivity contribution in [3.8, 4) is 11.3 Å². The minimum atomic E-state index is -0.715. The Morgan fingerprint density at radius 3 is 2.80 bits per heavy atom. The topological polar surface area (TPSA) is 66.6 Å². The molecule has 4 rings (SSSR count). The lowest BCUT2D eigenvalue weighted by atomic mass is 9.85. The summed E-state index contributed by atoms with van der Waals surface area (Å²) in [4.78, 5) is 13.8. The third-order valence-electron chi connectivity index (χ3n) is 5.75. The third kappa shape index (κ3) is 3.21. The van der Waals surface area contributed by atoms with Gasteiger partial charge in [-0.15, -0.1) is 0 Å².